The quantitative estimate of drug-likeness (QED) is 0.335. The van der Waals surface area contributed by atoms with Gasteiger partial charge in [0.25, 0.3) is 0 Å². The molecule has 0 heterocycles. The van der Waals surface area contributed by atoms with E-state index in [0.717, 1.165) is 0 Å². The van der Waals surface area contributed by atoms with Crippen molar-refractivity contribution in [2.24, 2.45) is 5.92 Å². The molecule has 0 unspecified atom stereocenters. The molecule has 1 saturated carbocycles. The van der Waals surface area contributed by atoms with Gasteiger partial charge in [-0.1, -0.05) is 0 Å². The Morgan fingerprint density at radius 3 is 2.82 bits per heavy atom. The van der Waals surface area contributed by atoms with Crippen molar-refractivity contribution in [3.8, 4) is 0 Å². The van der Waals surface area contributed by atoms with Crippen molar-refractivity contribution < 1.29 is 14.5 Å². The lowest BCUT2D eigenvalue weighted by atomic mass is 10.4. The average Bonchev–Trinajstić information content (AvgIpc) is 2.65. The lowest BCUT2D eigenvalue weighted by Gasteiger charge is -1.96. The molecule has 0 aromatic carbocycles. The van der Waals surface area contributed by atoms with Crippen LogP contribution in [0.2, 0.25) is 0 Å². The first-order chi connectivity index (χ1) is 5.16. The second-order valence-electron chi connectivity index (χ2n) is 2.45. The highest BCUT2D eigenvalue weighted by atomic mass is 16.6. The minimum absolute atomic E-state index is 0.291. The maximum absolute atomic E-state index is 10.8. The molecule has 0 amide bonds. The minimum atomic E-state index is -0.686. The van der Waals surface area contributed by atoms with E-state index in [0.29, 0.717) is 13.0 Å². The van der Waals surface area contributed by atoms with Crippen LogP contribution in [0.1, 0.15) is 13.3 Å². The second kappa shape index (κ2) is 2.86. The van der Waals surface area contributed by atoms with Gasteiger partial charge in [-0.15, -0.1) is 0 Å². The number of nitro groups is 1. The topological polar surface area (TPSA) is 69.4 Å². The van der Waals surface area contributed by atoms with Gasteiger partial charge in [0.05, 0.1) is 6.61 Å². The van der Waals surface area contributed by atoms with Crippen molar-refractivity contribution in [3.05, 3.63) is 10.1 Å². The van der Waals surface area contributed by atoms with E-state index in [1.54, 1.807) is 6.92 Å². The van der Waals surface area contributed by atoms with E-state index in [9.17, 15) is 14.9 Å². The number of esters is 1. The molecule has 11 heavy (non-hydrogen) atoms. The SMILES string of the molecule is CCOC(=O)[C@@H]1C[C@@H]1[N+](=O)[O-]. The fraction of sp³-hybridized carbons (Fsp3) is 0.833. The average molecular weight is 159 g/mol. The predicted octanol–water partition coefficient (Wildman–Crippen LogP) is 0.215. The second-order valence-corrected chi connectivity index (χ2v) is 2.45. The maximum atomic E-state index is 10.8. The van der Waals surface area contributed by atoms with Crippen molar-refractivity contribution in [1.29, 1.82) is 0 Å². The van der Waals surface area contributed by atoms with Gasteiger partial charge in [-0.2, -0.15) is 0 Å². The molecule has 2 atom stereocenters. The van der Waals surface area contributed by atoms with E-state index in [4.69, 9.17) is 0 Å². The molecule has 0 aliphatic heterocycles. The fourth-order valence-electron chi connectivity index (χ4n) is 0.917. The number of rotatable bonds is 3. The van der Waals surface area contributed by atoms with Crippen LogP contribution in [0.25, 0.3) is 0 Å². The molecule has 0 aromatic heterocycles. The molecule has 5 nitrogen and oxygen atoms in total. The van der Waals surface area contributed by atoms with Gasteiger partial charge in [-0.25, -0.2) is 0 Å². The summed E-state index contributed by atoms with van der Waals surface area (Å²) in [7, 11) is 0. The van der Waals surface area contributed by atoms with Crippen LogP contribution in [-0.2, 0) is 9.53 Å². The predicted molar refractivity (Wildman–Crippen MR) is 35.5 cm³/mol. The van der Waals surface area contributed by atoms with Crippen molar-refractivity contribution in [2.45, 2.75) is 19.4 Å². The standard InChI is InChI=1S/C6H9NO4/c1-2-11-6(8)4-3-5(4)7(9)10/h4-5H,2-3H2,1H3/t4-,5+/m1/s1. The molecule has 0 bridgehead atoms. The van der Waals surface area contributed by atoms with Crippen LogP contribution in [0, 0.1) is 16.0 Å². The molecule has 1 rings (SSSR count). The van der Waals surface area contributed by atoms with Gasteiger partial charge >= 0.3 is 5.97 Å². The van der Waals surface area contributed by atoms with Crippen molar-refractivity contribution >= 4 is 5.97 Å². The molecular formula is C6H9NO4. The van der Waals surface area contributed by atoms with E-state index in [-0.39, 0.29) is 0 Å². The van der Waals surface area contributed by atoms with E-state index < -0.39 is 22.9 Å². The monoisotopic (exact) mass is 159 g/mol. The summed E-state index contributed by atoms with van der Waals surface area (Å²) in [5.74, 6) is -0.917. The molecule has 1 aliphatic carbocycles. The zero-order chi connectivity index (χ0) is 8.43. The molecule has 0 saturated heterocycles. The van der Waals surface area contributed by atoms with Crippen LogP contribution in [0.4, 0.5) is 0 Å². The lowest BCUT2D eigenvalue weighted by molar-refractivity contribution is -0.497. The Bertz CT molecular complexity index is 191. The largest absolute Gasteiger partial charge is 0.466 e. The normalized spacial score (nSPS) is 27.7. The molecular weight excluding hydrogens is 150 g/mol. The van der Waals surface area contributed by atoms with Gasteiger partial charge in [0.1, 0.15) is 5.92 Å². The molecule has 0 aromatic rings. The first-order valence-electron chi connectivity index (χ1n) is 3.47. The number of ether oxygens (including phenoxy) is 1. The van der Waals surface area contributed by atoms with Gasteiger partial charge in [0, 0.05) is 11.3 Å². The number of carbonyl (C=O) groups is 1. The summed E-state index contributed by atoms with van der Waals surface area (Å²) in [4.78, 5) is 20.4. The zero-order valence-electron chi connectivity index (χ0n) is 6.15. The minimum Gasteiger partial charge on any atom is -0.466 e. The highest BCUT2D eigenvalue weighted by molar-refractivity contribution is 5.76. The third-order valence-corrected chi connectivity index (χ3v) is 1.62. The molecule has 1 fully saturated rings. The Balaban J connectivity index is 2.32. The van der Waals surface area contributed by atoms with E-state index >= 15 is 0 Å². The molecule has 62 valence electrons. The maximum Gasteiger partial charge on any atom is 0.316 e. The van der Waals surface area contributed by atoms with Crippen LogP contribution in [-0.4, -0.2) is 23.5 Å². The summed E-state index contributed by atoms with van der Waals surface area (Å²) < 4.78 is 4.60. The van der Waals surface area contributed by atoms with Gasteiger partial charge in [-0.05, 0) is 6.92 Å². The van der Waals surface area contributed by atoms with E-state index in [1.165, 1.54) is 0 Å². The summed E-state index contributed by atoms with van der Waals surface area (Å²) in [6.07, 6.45) is 0.339. The van der Waals surface area contributed by atoms with Crippen molar-refractivity contribution in [3.63, 3.8) is 0 Å². The number of carbonyl (C=O) groups excluding carboxylic acids is 1. The van der Waals surface area contributed by atoms with Crippen LogP contribution in [0.3, 0.4) is 0 Å². The molecule has 0 radical (unpaired) electrons. The summed E-state index contributed by atoms with van der Waals surface area (Å²) in [6.45, 7) is 1.97. The zero-order valence-corrected chi connectivity index (χ0v) is 6.15. The van der Waals surface area contributed by atoms with Gasteiger partial charge in [-0.3, -0.25) is 14.9 Å². The summed E-state index contributed by atoms with van der Waals surface area (Å²) in [5.41, 5.74) is 0. The third kappa shape index (κ3) is 1.66. The highest BCUT2D eigenvalue weighted by Crippen LogP contribution is 2.33. The lowest BCUT2D eigenvalue weighted by Crippen LogP contribution is -2.13. The Kier molecular flexibility index (Phi) is 2.07. The van der Waals surface area contributed by atoms with E-state index in [1.807, 2.05) is 0 Å². The number of nitrogens with zero attached hydrogens (tertiary/aromatic N) is 1. The molecule has 1 aliphatic rings. The molecule has 0 N–H and O–H groups in total. The van der Waals surface area contributed by atoms with Gasteiger partial charge < -0.3 is 4.74 Å². The smallest absolute Gasteiger partial charge is 0.316 e. The van der Waals surface area contributed by atoms with Crippen LogP contribution in [0.5, 0.6) is 0 Å². The van der Waals surface area contributed by atoms with Crippen LogP contribution < -0.4 is 0 Å². The number of hydrogen-bond acceptors (Lipinski definition) is 4. The van der Waals surface area contributed by atoms with Crippen LogP contribution in [0.15, 0.2) is 0 Å². The Morgan fingerprint density at radius 2 is 2.45 bits per heavy atom. The van der Waals surface area contributed by atoms with Crippen LogP contribution >= 0.6 is 0 Å². The Hall–Kier alpha value is -1.13. The van der Waals surface area contributed by atoms with E-state index in [2.05, 4.69) is 4.74 Å². The summed E-state index contributed by atoms with van der Waals surface area (Å²) in [6, 6.07) is -0.686. The van der Waals surface area contributed by atoms with Crippen molar-refractivity contribution in [1.82, 2.24) is 0 Å². The first kappa shape index (κ1) is 7.97. The number of hydrogen-bond donors (Lipinski definition) is 0. The summed E-state index contributed by atoms with van der Waals surface area (Å²) >= 11 is 0. The summed E-state index contributed by atoms with van der Waals surface area (Å²) in [5, 5.41) is 10.1. The first-order valence-corrected chi connectivity index (χ1v) is 3.47. The highest BCUT2D eigenvalue weighted by Gasteiger charge is 2.54. The van der Waals surface area contributed by atoms with Gasteiger partial charge in [0.2, 0.25) is 6.04 Å². The Morgan fingerprint density at radius 1 is 1.82 bits per heavy atom. The third-order valence-electron chi connectivity index (χ3n) is 1.62. The van der Waals surface area contributed by atoms with Crippen molar-refractivity contribution in [2.75, 3.05) is 6.61 Å². The van der Waals surface area contributed by atoms with Gasteiger partial charge in [0.15, 0.2) is 0 Å². The molecule has 5 heteroatoms. The Labute approximate surface area is 63.5 Å². The fourth-order valence-corrected chi connectivity index (χ4v) is 0.917. The molecule has 0 spiro atoms.